The number of azo groups is 1. The lowest BCUT2D eigenvalue weighted by Crippen LogP contribution is -2.08. The number of benzene rings is 2. The second-order valence-corrected chi connectivity index (χ2v) is 4.97. The number of aromatic amines is 1. The Morgan fingerprint density at radius 1 is 0.913 bits per heavy atom. The maximum absolute atomic E-state index is 12.0. The molecule has 1 heterocycles. The van der Waals surface area contributed by atoms with Gasteiger partial charge in [-0.2, -0.15) is 10.2 Å². The number of ether oxygens (including phenoxy) is 1. The highest BCUT2D eigenvalue weighted by molar-refractivity contribution is 5.92. The van der Waals surface area contributed by atoms with Gasteiger partial charge in [0.2, 0.25) is 0 Å². The van der Waals surface area contributed by atoms with Gasteiger partial charge in [0.1, 0.15) is 5.75 Å². The minimum atomic E-state index is -0.387. The molecule has 3 aromatic rings. The van der Waals surface area contributed by atoms with E-state index in [4.69, 9.17) is 4.74 Å². The highest BCUT2D eigenvalue weighted by Crippen LogP contribution is 2.22. The Balaban J connectivity index is 1.67. The van der Waals surface area contributed by atoms with Gasteiger partial charge in [-0.1, -0.05) is 18.2 Å². The van der Waals surface area contributed by atoms with Crippen LogP contribution in [0.3, 0.4) is 0 Å². The topological polar surface area (TPSA) is 66.8 Å². The van der Waals surface area contributed by atoms with E-state index < -0.39 is 0 Å². The minimum absolute atomic E-state index is 0.387. The number of hydrogen-bond donors (Lipinski definition) is 1. The van der Waals surface area contributed by atoms with Crippen molar-refractivity contribution in [1.82, 2.24) is 4.98 Å². The van der Waals surface area contributed by atoms with Crippen molar-refractivity contribution in [3.8, 4) is 5.75 Å². The summed E-state index contributed by atoms with van der Waals surface area (Å²) in [7, 11) is 0. The molecule has 0 aliphatic carbocycles. The van der Waals surface area contributed by atoms with Crippen LogP contribution in [0, 0.1) is 6.92 Å². The molecule has 3 rings (SSSR count). The van der Waals surface area contributed by atoms with Gasteiger partial charge in [0, 0.05) is 12.4 Å². The van der Waals surface area contributed by atoms with Crippen molar-refractivity contribution in [3.63, 3.8) is 0 Å². The molecule has 1 N–H and O–H groups in total. The SMILES string of the molecule is Cc1c[nH]cc1C(=O)Oc1ccc(/N=N/c2ccccc2)cc1. The summed E-state index contributed by atoms with van der Waals surface area (Å²) in [5.74, 6) is 0.0803. The molecule has 0 spiro atoms. The summed E-state index contributed by atoms with van der Waals surface area (Å²) in [5.41, 5.74) is 2.85. The number of H-pyrrole nitrogens is 1. The summed E-state index contributed by atoms with van der Waals surface area (Å²) in [6.45, 7) is 1.85. The van der Waals surface area contributed by atoms with Crippen LogP contribution >= 0.6 is 0 Å². The van der Waals surface area contributed by atoms with Crippen molar-refractivity contribution in [3.05, 3.63) is 78.1 Å². The van der Waals surface area contributed by atoms with Crippen molar-refractivity contribution in [1.29, 1.82) is 0 Å². The molecule has 1 aromatic heterocycles. The summed E-state index contributed by atoms with van der Waals surface area (Å²) >= 11 is 0. The van der Waals surface area contributed by atoms with Crippen LogP contribution in [-0.2, 0) is 0 Å². The van der Waals surface area contributed by atoms with Gasteiger partial charge in [0.05, 0.1) is 16.9 Å². The van der Waals surface area contributed by atoms with Crippen molar-refractivity contribution in [2.45, 2.75) is 6.92 Å². The average Bonchev–Trinajstić information content (AvgIpc) is 3.01. The summed E-state index contributed by atoms with van der Waals surface area (Å²) < 4.78 is 5.33. The van der Waals surface area contributed by atoms with Crippen molar-refractivity contribution in [2.75, 3.05) is 0 Å². The van der Waals surface area contributed by atoms with Crippen LogP contribution in [0.25, 0.3) is 0 Å². The first-order valence-electron chi connectivity index (χ1n) is 7.15. The maximum atomic E-state index is 12.0. The second kappa shape index (κ2) is 6.70. The third kappa shape index (κ3) is 3.71. The van der Waals surface area contributed by atoms with E-state index in [1.807, 2.05) is 37.3 Å². The van der Waals surface area contributed by atoms with Gasteiger partial charge in [-0.05, 0) is 48.9 Å². The number of rotatable bonds is 4. The summed E-state index contributed by atoms with van der Waals surface area (Å²) in [4.78, 5) is 14.9. The first-order chi connectivity index (χ1) is 11.2. The fourth-order valence-electron chi connectivity index (χ4n) is 2.01. The van der Waals surface area contributed by atoms with E-state index in [1.54, 1.807) is 36.7 Å². The van der Waals surface area contributed by atoms with E-state index in [1.165, 1.54) is 0 Å². The van der Waals surface area contributed by atoms with Gasteiger partial charge >= 0.3 is 5.97 Å². The maximum Gasteiger partial charge on any atom is 0.345 e. The van der Waals surface area contributed by atoms with Crippen LogP contribution < -0.4 is 4.74 Å². The van der Waals surface area contributed by atoms with E-state index in [0.717, 1.165) is 11.3 Å². The Labute approximate surface area is 133 Å². The minimum Gasteiger partial charge on any atom is -0.423 e. The van der Waals surface area contributed by atoms with E-state index >= 15 is 0 Å². The predicted octanol–water partition coefficient (Wildman–Crippen LogP) is 4.96. The summed E-state index contributed by atoms with van der Waals surface area (Å²) in [6, 6.07) is 16.4. The molecule has 0 bridgehead atoms. The molecular weight excluding hydrogens is 290 g/mol. The number of aromatic nitrogens is 1. The lowest BCUT2D eigenvalue weighted by molar-refractivity contribution is 0.0734. The number of nitrogens with one attached hydrogen (secondary N) is 1. The highest BCUT2D eigenvalue weighted by atomic mass is 16.5. The molecule has 0 fully saturated rings. The van der Waals surface area contributed by atoms with Crippen LogP contribution in [0.15, 0.2) is 77.2 Å². The number of aryl methyl sites for hydroxylation is 1. The van der Waals surface area contributed by atoms with Crippen LogP contribution in [0.1, 0.15) is 15.9 Å². The van der Waals surface area contributed by atoms with Gasteiger partial charge in [0.25, 0.3) is 0 Å². The van der Waals surface area contributed by atoms with Gasteiger partial charge in [-0.3, -0.25) is 0 Å². The van der Waals surface area contributed by atoms with Crippen LogP contribution in [-0.4, -0.2) is 11.0 Å². The molecule has 0 radical (unpaired) electrons. The standard InChI is InChI=1S/C18H15N3O2/c1-13-11-19-12-17(13)18(22)23-16-9-7-15(8-10-16)21-20-14-5-3-2-4-6-14/h2-12,19H,1H3/b21-20+. The smallest absolute Gasteiger partial charge is 0.345 e. The zero-order valence-corrected chi connectivity index (χ0v) is 12.6. The fraction of sp³-hybridized carbons (Fsp3) is 0.0556. The molecule has 0 saturated carbocycles. The number of hydrogen-bond acceptors (Lipinski definition) is 4. The molecule has 0 aliphatic rings. The third-order valence-electron chi connectivity index (χ3n) is 3.26. The van der Waals surface area contributed by atoms with Crippen molar-refractivity contribution in [2.24, 2.45) is 10.2 Å². The quantitative estimate of drug-likeness (QED) is 0.420. The Morgan fingerprint density at radius 3 is 2.17 bits per heavy atom. The molecule has 5 nitrogen and oxygen atoms in total. The third-order valence-corrected chi connectivity index (χ3v) is 3.26. The molecule has 0 aliphatic heterocycles. The van der Waals surface area contributed by atoms with Gasteiger partial charge in [-0.15, -0.1) is 0 Å². The summed E-state index contributed by atoms with van der Waals surface area (Å²) in [5, 5.41) is 8.27. The Bertz CT molecular complexity index is 821. The van der Waals surface area contributed by atoms with E-state index in [2.05, 4.69) is 15.2 Å². The normalized spacial score (nSPS) is 10.8. The highest BCUT2D eigenvalue weighted by Gasteiger charge is 2.12. The Morgan fingerprint density at radius 2 is 1.57 bits per heavy atom. The van der Waals surface area contributed by atoms with Crippen LogP contribution in [0.4, 0.5) is 11.4 Å². The number of carbonyl (C=O) groups is 1. The van der Waals surface area contributed by atoms with Gasteiger partial charge < -0.3 is 9.72 Å². The predicted molar refractivity (Wildman–Crippen MR) is 87.5 cm³/mol. The first kappa shape index (κ1) is 14.7. The number of carbonyl (C=O) groups excluding carboxylic acids is 1. The molecule has 0 atom stereocenters. The van der Waals surface area contributed by atoms with Gasteiger partial charge in [-0.25, -0.2) is 4.79 Å². The zero-order valence-electron chi connectivity index (χ0n) is 12.6. The molecule has 0 amide bonds. The summed E-state index contributed by atoms with van der Waals surface area (Å²) in [6.07, 6.45) is 3.38. The molecule has 114 valence electrons. The fourth-order valence-corrected chi connectivity index (χ4v) is 2.01. The van der Waals surface area contributed by atoms with Gasteiger partial charge in [0.15, 0.2) is 0 Å². The lowest BCUT2D eigenvalue weighted by atomic mass is 10.2. The Hall–Kier alpha value is -3.21. The molecule has 0 saturated heterocycles. The van der Waals surface area contributed by atoms with E-state index in [9.17, 15) is 4.79 Å². The second-order valence-electron chi connectivity index (χ2n) is 4.97. The molecule has 2 aromatic carbocycles. The van der Waals surface area contributed by atoms with Crippen molar-refractivity contribution < 1.29 is 9.53 Å². The Kier molecular flexibility index (Phi) is 4.29. The molecule has 5 heteroatoms. The average molecular weight is 305 g/mol. The monoisotopic (exact) mass is 305 g/mol. The largest absolute Gasteiger partial charge is 0.423 e. The van der Waals surface area contributed by atoms with Crippen LogP contribution in [0.5, 0.6) is 5.75 Å². The van der Waals surface area contributed by atoms with E-state index in [-0.39, 0.29) is 5.97 Å². The number of esters is 1. The first-order valence-corrected chi connectivity index (χ1v) is 7.15. The lowest BCUT2D eigenvalue weighted by Gasteiger charge is -2.03. The molecular formula is C18H15N3O2. The van der Waals surface area contributed by atoms with Crippen LogP contribution in [0.2, 0.25) is 0 Å². The molecule has 0 unspecified atom stereocenters. The van der Waals surface area contributed by atoms with Crippen molar-refractivity contribution >= 4 is 17.3 Å². The number of nitrogens with zero attached hydrogens (tertiary/aromatic N) is 2. The van der Waals surface area contributed by atoms with E-state index in [0.29, 0.717) is 17.0 Å². The molecule has 23 heavy (non-hydrogen) atoms. The zero-order chi connectivity index (χ0) is 16.1.